The first-order valence-electron chi connectivity index (χ1n) is 13.9. The number of aromatic nitrogens is 2. The van der Waals surface area contributed by atoms with Crippen LogP contribution in [0.1, 0.15) is 29.3 Å². The molecule has 3 rings (SSSR count). The number of aliphatic hydroxyl groups excluding tert-OH is 1. The van der Waals surface area contributed by atoms with Crippen LogP contribution in [-0.2, 0) is 46.4 Å². The number of aryl methyl sites for hydroxylation is 1. The van der Waals surface area contributed by atoms with Gasteiger partial charge in [0.05, 0.1) is 75.5 Å². The Hall–Kier alpha value is -3.71. The Morgan fingerprint density at radius 2 is 1.68 bits per heavy atom. The molecule has 17 nitrogen and oxygen atoms in total. The van der Waals surface area contributed by atoms with Gasteiger partial charge in [0.2, 0.25) is 0 Å². The molecule has 1 saturated heterocycles. The van der Waals surface area contributed by atoms with Crippen molar-refractivity contribution in [3.8, 4) is 0 Å². The normalized spacial score (nSPS) is 17.9. The molecule has 1 aromatic heterocycles. The van der Waals surface area contributed by atoms with Crippen LogP contribution in [0.2, 0.25) is 0 Å². The number of nitro benzene ring substituents is 1. The summed E-state index contributed by atoms with van der Waals surface area (Å²) < 4.78 is 38.7. The average molecular weight is 627 g/mol. The van der Waals surface area contributed by atoms with Crippen molar-refractivity contribution in [1.82, 2.24) is 9.55 Å². The van der Waals surface area contributed by atoms with Gasteiger partial charge in [-0.1, -0.05) is 6.07 Å². The number of nitrogens with zero attached hydrogens (tertiary/aromatic N) is 2. The van der Waals surface area contributed by atoms with Crippen LogP contribution in [-0.4, -0.2) is 97.3 Å². The molecule has 1 fully saturated rings. The smallest absolute Gasteiger partial charge is 0.429 e. The van der Waals surface area contributed by atoms with E-state index in [2.05, 4.69) is 4.98 Å². The Kier molecular flexibility index (Phi) is 14.4. The van der Waals surface area contributed by atoms with Crippen molar-refractivity contribution >= 4 is 11.8 Å². The Bertz CT molecular complexity index is 1330. The molecule has 3 atom stereocenters. The number of carbonyl (C=O) groups excluding carboxylic acids is 1. The zero-order valence-electron chi connectivity index (χ0n) is 24.3. The van der Waals surface area contributed by atoms with Gasteiger partial charge in [0, 0.05) is 24.7 Å². The highest BCUT2D eigenvalue weighted by Gasteiger charge is 2.39. The van der Waals surface area contributed by atoms with Crippen molar-refractivity contribution in [2.45, 2.75) is 45.0 Å². The molecule has 1 aliphatic heterocycles. The number of aliphatic hydroxyl groups is 1. The van der Waals surface area contributed by atoms with Crippen molar-refractivity contribution in [2.24, 2.45) is 5.73 Å². The van der Waals surface area contributed by atoms with E-state index in [0.29, 0.717) is 39.6 Å². The standard InChI is InChI=1S/C27H38N4O13/c1-18-14-30(26(34)29-25(18)33)23-13-21(22(15-32)43-23)44-27(35)42-17-20-4-2-3-19(24(20)31(36)37)16-41-12-11-40-10-9-39-8-7-38-6-5-28/h2-4,14,21-23,32H,5-13,15-17,28H2,1H3,(H,29,33,34)/t21-,22-,23-/m1/s1. The van der Waals surface area contributed by atoms with Gasteiger partial charge in [-0.05, 0) is 19.1 Å². The molecule has 4 N–H and O–H groups in total. The maximum atomic E-state index is 12.5. The summed E-state index contributed by atoms with van der Waals surface area (Å²) in [4.78, 5) is 49.8. The summed E-state index contributed by atoms with van der Waals surface area (Å²) in [7, 11) is 0. The number of nitrogens with two attached hydrogens (primary N) is 1. The second kappa shape index (κ2) is 18.2. The number of aromatic amines is 1. The molecule has 1 aromatic carbocycles. The van der Waals surface area contributed by atoms with Crippen molar-refractivity contribution in [3.05, 3.63) is 72.0 Å². The SMILES string of the molecule is Cc1cn([C@H]2C[C@@H](OC(=O)OCc3cccc(COCCOCCOCCOCCN)c3[N+](=O)[O-])[C@@H](CO)O2)c(=O)[nH]c1=O. The molecule has 0 aliphatic carbocycles. The number of nitrogens with one attached hydrogen (secondary N) is 1. The quantitative estimate of drug-likeness (QED) is 0.0824. The van der Waals surface area contributed by atoms with Crippen molar-refractivity contribution in [2.75, 3.05) is 59.4 Å². The molecule has 0 unspecified atom stereocenters. The van der Waals surface area contributed by atoms with E-state index in [-0.39, 0.29) is 48.6 Å². The molecular weight excluding hydrogens is 588 g/mol. The molecule has 0 spiro atoms. The second-order valence-electron chi connectivity index (χ2n) is 9.58. The Labute approximate surface area is 251 Å². The number of para-hydroxylation sites is 1. The minimum Gasteiger partial charge on any atom is -0.429 e. The third kappa shape index (κ3) is 10.5. The van der Waals surface area contributed by atoms with E-state index < -0.39 is 54.0 Å². The first-order valence-corrected chi connectivity index (χ1v) is 13.9. The summed E-state index contributed by atoms with van der Waals surface area (Å²) in [6, 6.07) is 4.54. The fraction of sp³-hybridized carbons (Fsp3) is 0.593. The number of hydrogen-bond acceptors (Lipinski definition) is 14. The third-order valence-corrected chi connectivity index (χ3v) is 6.43. The van der Waals surface area contributed by atoms with Gasteiger partial charge in [-0.2, -0.15) is 0 Å². The molecule has 2 heterocycles. The highest BCUT2D eigenvalue weighted by Crippen LogP contribution is 2.30. The summed E-state index contributed by atoms with van der Waals surface area (Å²) in [5, 5.41) is 21.5. The molecule has 2 aromatic rings. The number of carbonyl (C=O) groups is 1. The van der Waals surface area contributed by atoms with Crippen molar-refractivity contribution < 1.29 is 48.0 Å². The predicted octanol–water partition coefficient (Wildman–Crippen LogP) is 0.280. The molecule has 1 aliphatic rings. The summed E-state index contributed by atoms with van der Waals surface area (Å²) in [5.74, 6) is 0. The number of ether oxygens (including phenoxy) is 7. The summed E-state index contributed by atoms with van der Waals surface area (Å²) in [6.45, 7) is 3.43. The highest BCUT2D eigenvalue weighted by atomic mass is 16.7. The first kappa shape index (κ1) is 34.8. The van der Waals surface area contributed by atoms with Gasteiger partial charge in [-0.15, -0.1) is 0 Å². The second-order valence-corrected chi connectivity index (χ2v) is 9.58. The van der Waals surface area contributed by atoms with E-state index in [1.807, 2.05) is 0 Å². The minimum atomic E-state index is -1.15. The van der Waals surface area contributed by atoms with Gasteiger partial charge in [-0.25, -0.2) is 9.59 Å². The molecule has 0 saturated carbocycles. The fourth-order valence-electron chi connectivity index (χ4n) is 4.29. The fourth-order valence-corrected chi connectivity index (χ4v) is 4.29. The maximum Gasteiger partial charge on any atom is 0.508 e. The largest absolute Gasteiger partial charge is 0.508 e. The van der Waals surface area contributed by atoms with Crippen LogP contribution < -0.4 is 17.0 Å². The number of H-pyrrole nitrogens is 1. The number of rotatable bonds is 19. The van der Waals surface area contributed by atoms with Gasteiger partial charge in [0.25, 0.3) is 11.2 Å². The number of nitro groups is 1. The van der Waals surface area contributed by atoms with Crippen LogP contribution >= 0.6 is 0 Å². The molecule has 17 heteroatoms. The summed E-state index contributed by atoms with van der Waals surface area (Å²) >= 11 is 0. The van der Waals surface area contributed by atoms with Gasteiger partial charge >= 0.3 is 11.8 Å². The molecule has 244 valence electrons. The molecule has 44 heavy (non-hydrogen) atoms. The van der Waals surface area contributed by atoms with E-state index >= 15 is 0 Å². The molecule has 0 radical (unpaired) electrons. The lowest BCUT2D eigenvalue weighted by atomic mass is 10.1. The van der Waals surface area contributed by atoms with Gasteiger partial charge < -0.3 is 44.0 Å². The van der Waals surface area contributed by atoms with Crippen molar-refractivity contribution in [3.63, 3.8) is 0 Å². The molecular formula is C27H38N4O13. The zero-order chi connectivity index (χ0) is 31.9. The lowest BCUT2D eigenvalue weighted by Gasteiger charge is -2.16. The van der Waals surface area contributed by atoms with Crippen molar-refractivity contribution in [1.29, 1.82) is 0 Å². The Balaban J connectivity index is 1.46. The van der Waals surface area contributed by atoms with Crippen LogP contribution in [0.5, 0.6) is 0 Å². The highest BCUT2D eigenvalue weighted by molar-refractivity contribution is 5.60. The van der Waals surface area contributed by atoms with E-state index in [1.54, 1.807) is 6.07 Å². The van der Waals surface area contributed by atoms with Crippen LogP contribution in [0.3, 0.4) is 0 Å². The van der Waals surface area contributed by atoms with Crippen LogP contribution in [0.4, 0.5) is 10.5 Å². The lowest BCUT2D eigenvalue weighted by Crippen LogP contribution is -2.33. The zero-order valence-corrected chi connectivity index (χ0v) is 24.3. The third-order valence-electron chi connectivity index (χ3n) is 6.43. The first-order chi connectivity index (χ1) is 21.2. The van der Waals surface area contributed by atoms with Gasteiger partial charge in [0.15, 0.2) is 0 Å². The average Bonchev–Trinajstić information content (AvgIpc) is 3.40. The Morgan fingerprint density at radius 1 is 1.07 bits per heavy atom. The monoisotopic (exact) mass is 626 g/mol. The lowest BCUT2D eigenvalue weighted by molar-refractivity contribution is -0.386. The van der Waals surface area contributed by atoms with E-state index in [9.17, 15) is 29.6 Å². The maximum absolute atomic E-state index is 12.5. The topological polar surface area (TPSA) is 226 Å². The van der Waals surface area contributed by atoms with E-state index in [4.69, 9.17) is 38.9 Å². The minimum absolute atomic E-state index is 0.0143. The van der Waals surface area contributed by atoms with E-state index in [1.165, 1.54) is 25.3 Å². The molecule has 0 amide bonds. The molecule has 0 bridgehead atoms. The summed E-state index contributed by atoms with van der Waals surface area (Å²) in [6.07, 6.45) is -2.74. The van der Waals surface area contributed by atoms with Gasteiger partial charge in [0.1, 0.15) is 25.0 Å². The van der Waals surface area contributed by atoms with Gasteiger partial charge in [-0.3, -0.25) is 24.5 Å². The number of benzene rings is 1. The Morgan fingerprint density at radius 3 is 2.30 bits per heavy atom. The number of hydrogen-bond donors (Lipinski definition) is 3. The predicted molar refractivity (Wildman–Crippen MR) is 151 cm³/mol. The summed E-state index contributed by atoms with van der Waals surface area (Å²) in [5.41, 5.74) is 4.45. The van der Waals surface area contributed by atoms with E-state index in [0.717, 1.165) is 4.57 Å². The van der Waals surface area contributed by atoms with Crippen LogP contribution in [0.25, 0.3) is 0 Å². The van der Waals surface area contributed by atoms with Crippen LogP contribution in [0, 0.1) is 17.0 Å². The van der Waals surface area contributed by atoms with Crippen LogP contribution in [0.15, 0.2) is 34.0 Å².